The van der Waals surface area contributed by atoms with Crippen molar-refractivity contribution < 1.29 is 14.7 Å². The number of rotatable bonds is 8. The van der Waals surface area contributed by atoms with Crippen LogP contribution < -0.4 is 0 Å². The van der Waals surface area contributed by atoms with E-state index in [1.54, 1.807) is 0 Å². The van der Waals surface area contributed by atoms with Gasteiger partial charge in [-0.15, -0.1) is 0 Å². The van der Waals surface area contributed by atoms with Crippen LogP contribution in [0.2, 0.25) is 0 Å². The van der Waals surface area contributed by atoms with Crippen molar-refractivity contribution in [3.8, 4) is 0 Å². The van der Waals surface area contributed by atoms with E-state index in [0.717, 1.165) is 44.9 Å². The topological polar surface area (TPSA) is 57.6 Å². The summed E-state index contributed by atoms with van der Waals surface area (Å²) >= 11 is 0. The fraction of sp³-hybridized carbons (Fsp3) is 0.846. The predicted octanol–water partition coefficient (Wildman–Crippen LogP) is 1.86. The lowest BCUT2D eigenvalue weighted by Gasteiger charge is -2.24. The van der Waals surface area contributed by atoms with Gasteiger partial charge in [-0.05, 0) is 19.3 Å². The first-order chi connectivity index (χ1) is 8.25. The first kappa shape index (κ1) is 14.2. The second-order valence-electron chi connectivity index (χ2n) is 4.64. The lowest BCUT2D eigenvalue weighted by molar-refractivity contribution is -0.147. The molecule has 1 rings (SSSR count). The average Bonchev–Trinajstić information content (AvgIpc) is 2.31. The number of unbranched alkanes of at least 4 members (excludes halogenated alkanes) is 5. The number of carbonyl (C=O) groups is 2. The largest absolute Gasteiger partial charge is 0.396 e. The fourth-order valence-electron chi connectivity index (χ4n) is 2.14. The number of hydrogen-bond donors (Lipinski definition) is 1. The molecule has 0 aromatic carbocycles. The molecule has 4 heteroatoms. The smallest absolute Gasteiger partial charge is 0.229 e. The van der Waals surface area contributed by atoms with Crippen molar-refractivity contribution in [1.29, 1.82) is 0 Å². The van der Waals surface area contributed by atoms with Gasteiger partial charge in [-0.3, -0.25) is 14.5 Å². The van der Waals surface area contributed by atoms with Crippen LogP contribution in [0.4, 0.5) is 0 Å². The molecule has 1 aliphatic heterocycles. The van der Waals surface area contributed by atoms with Crippen LogP contribution in [0.25, 0.3) is 0 Å². The Morgan fingerprint density at radius 2 is 1.41 bits per heavy atom. The zero-order valence-corrected chi connectivity index (χ0v) is 10.5. The van der Waals surface area contributed by atoms with Gasteiger partial charge < -0.3 is 5.11 Å². The maximum Gasteiger partial charge on any atom is 0.229 e. The van der Waals surface area contributed by atoms with Crippen molar-refractivity contribution in [3.63, 3.8) is 0 Å². The third-order valence-corrected chi connectivity index (χ3v) is 3.17. The number of nitrogens with zero attached hydrogens (tertiary/aromatic N) is 1. The third kappa shape index (κ3) is 5.31. The number of amides is 2. The van der Waals surface area contributed by atoms with Crippen molar-refractivity contribution in [2.75, 3.05) is 13.2 Å². The number of aliphatic hydroxyl groups is 1. The molecule has 1 N–H and O–H groups in total. The summed E-state index contributed by atoms with van der Waals surface area (Å²) in [5, 5.41) is 8.62. The molecule has 0 aromatic heterocycles. The molecule has 0 spiro atoms. The first-order valence-electron chi connectivity index (χ1n) is 6.70. The van der Waals surface area contributed by atoms with Gasteiger partial charge in [0, 0.05) is 26.0 Å². The van der Waals surface area contributed by atoms with Gasteiger partial charge in [0.2, 0.25) is 11.8 Å². The van der Waals surface area contributed by atoms with Gasteiger partial charge >= 0.3 is 0 Å². The van der Waals surface area contributed by atoms with E-state index < -0.39 is 0 Å². The Bertz CT molecular complexity index is 237. The minimum absolute atomic E-state index is 0.00142. The lowest BCUT2D eigenvalue weighted by Crippen LogP contribution is -2.40. The van der Waals surface area contributed by atoms with Crippen LogP contribution in [0.5, 0.6) is 0 Å². The summed E-state index contributed by atoms with van der Waals surface area (Å²) in [7, 11) is 0. The van der Waals surface area contributed by atoms with E-state index in [1.165, 1.54) is 4.90 Å². The number of hydrogen-bond acceptors (Lipinski definition) is 3. The highest BCUT2D eigenvalue weighted by molar-refractivity contribution is 5.97. The van der Waals surface area contributed by atoms with Gasteiger partial charge in [-0.1, -0.05) is 25.7 Å². The molecule has 0 bridgehead atoms. The van der Waals surface area contributed by atoms with Crippen LogP contribution in [0, 0.1) is 0 Å². The van der Waals surface area contributed by atoms with Crippen molar-refractivity contribution >= 4 is 11.8 Å². The molecule has 2 amide bonds. The highest BCUT2D eigenvalue weighted by Gasteiger charge is 2.24. The van der Waals surface area contributed by atoms with Gasteiger partial charge in [0.25, 0.3) is 0 Å². The van der Waals surface area contributed by atoms with Crippen LogP contribution in [0.1, 0.15) is 57.8 Å². The van der Waals surface area contributed by atoms with Crippen LogP contribution in [-0.2, 0) is 9.59 Å². The molecule has 1 saturated heterocycles. The Balaban J connectivity index is 2.05. The monoisotopic (exact) mass is 241 g/mol. The normalized spacial score (nSPS) is 16.6. The molecular formula is C13H23NO3. The van der Waals surface area contributed by atoms with Gasteiger partial charge in [0.05, 0.1) is 0 Å². The number of imide groups is 1. The summed E-state index contributed by atoms with van der Waals surface area (Å²) in [6, 6.07) is 0. The molecule has 1 fully saturated rings. The summed E-state index contributed by atoms with van der Waals surface area (Å²) in [5.74, 6) is 0.00283. The SMILES string of the molecule is O=C1CCCC(=O)N1CCCCCCCCO. The van der Waals surface area contributed by atoms with Crippen LogP contribution >= 0.6 is 0 Å². The Labute approximate surface area is 103 Å². The highest BCUT2D eigenvalue weighted by Crippen LogP contribution is 2.14. The van der Waals surface area contributed by atoms with Crippen LogP contribution in [0.15, 0.2) is 0 Å². The predicted molar refractivity (Wildman–Crippen MR) is 65.4 cm³/mol. The molecule has 98 valence electrons. The molecule has 0 aromatic rings. The van der Waals surface area contributed by atoms with Crippen molar-refractivity contribution in [1.82, 2.24) is 4.90 Å². The minimum Gasteiger partial charge on any atom is -0.396 e. The standard InChI is InChI=1S/C13H23NO3/c15-11-6-4-2-1-3-5-10-14-12(16)8-7-9-13(14)17/h15H,1-11H2. The van der Waals surface area contributed by atoms with E-state index in [2.05, 4.69) is 0 Å². The summed E-state index contributed by atoms with van der Waals surface area (Å²) in [6.07, 6.45) is 7.94. The maximum atomic E-state index is 11.5. The lowest BCUT2D eigenvalue weighted by atomic mass is 10.1. The van der Waals surface area contributed by atoms with E-state index in [4.69, 9.17) is 5.11 Å². The number of likely N-dealkylation sites (tertiary alicyclic amines) is 1. The zero-order chi connectivity index (χ0) is 12.5. The number of aliphatic hydroxyl groups excluding tert-OH is 1. The van der Waals surface area contributed by atoms with Crippen molar-refractivity contribution in [2.45, 2.75) is 57.8 Å². The minimum atomic E-state index is 0.00142. The molecular weight excluding hydrogens is 218 g/mol. The molecule has 0 unspecified atom stereocenters. The van der Waals surface area contributed by atoms with E-state index in [9.17, 15) is 9.59 Å². The Morgan fingerprint density at radius 1 is 0.882 bits per heavy atom. The Morgan fingerprint density at radius 3 is 2.00 bits per heavy atom. The quantitative estimate of drug-likeness (QED) is 0.521. The number of piperidine rings is 1. The molecule has 4 nitrogen and oxygen atoms in total. The summed E-state index contributed by atoms with van der Waals surface area (Å²) < 4.78 is 0. The highest BCUT2D eigenvalue weighted by atomic mass is 16.3. The van der Waals surface area contributed by atoms with Gasteiger partial charge in [-0.25, -0.2) is 0 Å². The molecule has 1 heterocycles. The fourth-order valence-corrected chi connectivity index (χ4v) is 2.14. The molecule has 0 radical (unpaired) electrons. The van der Waals surface area contributed by atoms with Crippen molar-refractivity contribution in [2.24, 2.45) is 0 Å². The average molecular weight is 241 g/mol. The molecule has 0 atom stereocenters. The van der Waals surface area contributed by atoms with Crippen LogP contribution in [-0.4, -0.2) is 35.0 Å². The zero-order valence-electron chi connectivity index (χ0n) is 10.5. The number of carbonyl (C=O) groups excluding carboxylic acids is 2. The summed E-state index contributed by atoms with van der Waals surface area (Å²) in [6.45, 7) is 0.869. The Hall–Kier alpha value is -0.900. The summed E-state index contributed by atoms with van der Waals surface area (Å²) in [5.41, 5.74) is 0. The van der Waals surface area contributed by atoms with Crippen LogP contribution in [0.3, 0.4) is 0 Å². The van der Waals surface area contributed by atoms with E-state index in [0.29, 0.717) is 19.4 Å². The van der Waals surface area contributed by atoms with E-state index in [-0.39, 0.29) is 18.4 Å². The first-order valence-corrected chi connectivity index (χ1v) is 6.70. The molecule has 0 saturated carbocycles. The van der Waals surface area contributed by atoms with Gasteiger partial charge in [0.1, 0.15) is 0 Å². The molecule has 1 aliphatic rings. The molecule has 0 aliphatic carbocycles. The van der Waals surface area contributed by atoms with Crippen molar-refractivity contribution in [3.05, 3.63) is 0 Å². The van der Waals surface area contributed by atoms with Gasteiger partial charge in [-0.2, -0.15) is 0 Å². The van der Waals surface area contributed by atoms with E-state index >= 15 is 0 Å². The second-order valence-corrected chi connectivity index (χ2v) is 4.64. The van der Waals surface area contributed by atoms with Gasteiger partial charge in [0.15, 0.2) is 0 Å². The Kier molecular flexibility index (Phi) is 6.86. The maximum absolute atomic E-state index is 11.5. The third-order valence-electron chi connectivity index (χ3n) is 3.17. The summed E-state index contributed by atoms with van der Waals surface area (Å²) in [4.78, 5) is 24.4. The van der Waals surface area contributed by atoms with E-state index in [1.807, 2.05) is 0 Å². The molecule has 17 heavy (non-hydrogen) atoms. The second kappa shape index (κ2) is 8.23.